The first kappa shape index (κ1) is 15.2. The van der Waals surface area contributed by atoms with E-state index >= 15 is 0 Å². The van der Waals surface area contributed by atoms with Crippen LogP contribution in [-0.4, -0.2) is 50.8 Å². The fraction of sp³-hybridized carbons (Fsp3) is 0.444. The van der Waals surface area contributed by atoms with Crippen molar-refractivity contribution in [1.29, 1.82) is 0 Å². The molecule has 0 aliphatic carbocycles. The number of nitrogens with one attached hydrogen (secondary N) is 1. The van der Waals surface area contributed by atoms with Crippen LogP contribution in [0.5, 0.6) is 0 Å². The number of hydrogen-bond donors (Lipinski definition) is 1. The fourth-order valence-corrected chi connectivity index (χ4v) is 3.48. The Morgan fingerprint density at radius 3 is 2.50 bits per heavy atom. The number of hydrogen-bond acceptors (Lipinski definition) is 4. The molecule has 1 aliphatic heterocycles. The van der Waals surface area contributed by atoms with Crippen molar-refractivity contribution >= 4 is 17.0 Å². The molecule has 126 valence electrons. The van der Waals surface area contributed by atoms with Crippen molar-refractivity contribution < 1.29 is 0 Å². The molecule has 6 heteroatoms. The topological polar surface area (TPSA) is 53.0 Å². The SMILES string of the molecule is Cc1nn(C)c(C)c1CN1CCN(c2nc3ccccc3[nH]2)CC1. The highest BCUT2D eigenvalue weighted by Gasteiger charge is 2.21. The number of benzene rings is 1. The smallest absolute Gasteiger partial charge is 0.203 e. The molecule has 0 saturated carbocycles. The zero-order valence-corrected chi connectivity index (χ0v) is 14.6. The van der Waals surface area contributed by atoms with Gasteiger partial charge in [-0.05, 0) is 26.0 Å². The molecular formula is C18H24N6. The van der Waals surface area contributed by atoms with E-state index in [0.717, 1.165) is 55.4 Å². The van der Waals surface area contributed by atoms with E-state index in [0.29, 0.717) is 0 Å². The molecule has 0 radical (unpaired) electrons. The van der Waals surface area contributed by atoms with Gasteiger partial charge in [0, 0.05) is 51.0 Å². The van der Waals surface area contributed by atoms with Crippen molar-refractivity contribution in [2.75, 3.05) is 31.1 Å². The molecule has 3 heterocycles. The van der Waals surface area contributed by atoms with Gasteiger partial charge in [0.2, 0.25) is 5.95 Å². The third-order valence-electron chi connectivity index (χ3n) is 5.09. The van der Waals surface area contributed by atoms with Gasteiger partial charge >= 0.3 is 0 Å². The van der Waals surface area contributed by atoms with E-state index in [1.807, 2.05) is 23.9 Å². The Bertz CT molecular complexity index is 821. The molecule has 1 saturated heterocycles. The third-order valence-corrected chi connectivity index (χ3v) is 5.09. The maximum absolute atomic E-state index is 4.72. The van der Waals surface area contributed by atoms with Crippen molar-refractivity contribution in [2.24, 2.45) is 7.05 Å². The van der Waals surface area contributed by atoms with E-state index in [9.17, 15) is 0 Å². The first-order chi connectivity index (χ1) is 11.6. The minimum atomic E-state index is 0.986. The van der Waals surface area contributed by atoms with Gasteiger partial charge in [-0.1, -0.05) is 12.1 Å². The van der Waals surface area contributed by atoms with E-state index in [2.05, 4.69) is 45.9 Å². The number of nitrogens with zero attached hydrogens (tertiary/aromatic N) is 5. The van der Waals surface area contributed by atoms with Gasteiger partial charge in [0.25, 0.3) is 0 Å². The number of anilines is 1. The summed E-state index contributed by atoms with van der Waals surface area (Å²) in [5, 5.41) is 4.53. The standard InChI is InChI=1S/C18H24N6/c1-13-15(14(2)22(3)21-13)12-23-8-10-24(11-9-23)18-19-16-6-4-5-7-17(16)20-18/h4-7H,8-12H2,1-3H3,(H,19,20). The van der Waals surface area contributed by atoms with E-state index in [1.54, 1.807) is 0 Å². The number of rotatable bonds is 3. The van der Waals surface area contributed by atoms with Crippen LogP contribution in [0.2, 0.25) is 0 Å². The summed E-state index contributed by atoms with van der Waals surface area (Å²) in [5.41, 5.74) is 5.93. The monoisotopic (exact) mass is 324 g/mol. The minimum absolute atomic E-state index is 0.986. The van der Waals surface area contributed by atoms with Crippen molar-refractivity contribution in [1.82, 2.24) is 24.6 Å². The molecular weight excluding hydrogens is 300 g/mol. The Morgan fingerprint density at radius 1 is 1.08 bits per heavy atom. The van der Waals surface area contributed by atoms with E-state index < -0.39 is 0 Å². The lowest BCUT2D eigenvalue weighted by atomic mass is 10.1. The molecule has 6 nitrogen and oxygen atoms in total. The summed E-state index contributed by atoms with van der Waals surface area (Å²) in [6.45, 7) is 9.33. The number of H-pyrrole nitrogens is 1. The Labute approximate surface area is 142 Å². The molecule has 0 atom stereocenters. The van der Waals surface area contributed by atoms with Crippen LogP contribution in [-0.2, 0) is 13.6 Å². The molecule has 2 aromatic heterocycles. The lowest BCUT2D eigenvalue weighted by Gasteiger charge is -2.34. The Morgan fingerprint density at radius 2 is 1.83 bits per heavy atom. The summed E-state index contributed by atoms with van der Waals surface area (Å²) < 4.78 is 1.98. The molecule has 0 unspecified atom stereocenters. The summed E-state index contributed by atoms with van der Waals surface area (Å²) in [6, 6.07) is 8.21. The van der Waals surface area contributed by atoms with Gasteiger partial charge < -0.3 is 9.88 Å². The molecule has 4 rings (SSSR count). The van der Waals surface area contributed by atoms with Gasteiger partial charge in [-0.25, -0.2) is 4.98 Å². The van der Waals surface area contributed by atoms with Gasteiger partial charge in [0.1, 0.15) is 0 Å². The summed E-state index contributed by atoms with van der Waals surface area (Å²) >= 11 is 0. The summed E-state index contributed by atoms with van der Waals surface area (Å²) in [5.74, 6) is 0.990. The number of imidazole rings is 1. The average Bonchev–Trinajstić information content (AvgIpc) is 3.12. The quantitative estimate of drug-likeness (QED) is 0.803. The zero-order valence-electron chi connectivity index (χ0n) is 14.6. The van der Waals surface area contributed by atoms with Crippen LogP contribution in [0.15, 0.2) is 24.3 Å². The molecule has 3 aromatic rings. The molecule has 0 spiro atoms. The van der Waals surface area contributed by atoms with Crippen molar-refractivity contribution in [3.63, 3.8) is 0 Å². The number of fused-ring (bicyclic) bond motifs is 1. The number of aromatic nitrogens is 4. The maximum Gasteiger partial charge on any atom is 0.203 e. The minimum Gasteiger partial charge on any atom is -0.340 e. The van der Waals surface area contributed by atoms with Crippen LogP contribution in [0.4, 0.5) is 5.95 Å². The van der Waals surface area contributed by atoms with Gasteiger partial charge in [-0.3, -0.25) is 9.58 Å². The predicted molar refractivity (Wildman–Crippen MR) is 96.3 cm³/mol. The second kappa shape index (κ2) is 5.94. The van der Waals surface area contributed by atoms with Crippen molar-refractivity contribution in [3.8, 4) is 0 Å². The maximum atomic E-state index is 4.72. The molecule has 1 N–H and O–H groups in total. The Kier molecular flexibility index (Phi) is 3.76. The first-order valence-corrected chi connectivity index (χ1v) is 8.53. The van der Waals surface area contributed by atoms with E-state index in [4.69, 9.17) is 4.98 Å². The molecule has 0 amide bonds. The molecule has 0 bridgehead atoms. The van der Waals surface area contributed by atoms with Crippen LogP contribution in [0.1, 0.15) is 17.0 Å². The Balaban J connectivity index is 1.43. The Hall–Kier alpha value is -2.34. The van der Waals surface area contributed by atoms with E-state index in [-0.39, 0.29) is 0 Å². The van der Waals surface area contributed by atoms with Gasteiger partial charge in [0.05, 0.1) is 16.7 Å². The van der Waals surface area contributed by atoms with Crippen LogP contribution in [0.3, 0.4) is 0 Å². The van der Waals surface area contributed by atoms with Crippen molar-refractivity contribution in [3.05, 3.63) is 41.2 Å². The second-order valence-electron chi connectivity index (χ2n) is 6.61. The van der Waals surface area contributed by atoms with Gasteiger partial charge in [0.15, 0.2) is 0 Å². The lowest BCUT2D eigenvalue weighted by molar-refractivity contribution is 0.248. The van der Waals surface area contributed by atoms with Crippen LogP contribution >= 0.6 is 0 Å². The van der Waals surface area contributed by atoms with Crippen molar-refractivity contribution in [2.45, 2.75) is 20.4 Å². The van der Waals surface area contributed by atoms with Crippen LogP contribution < -0.4 is 4.90 Å². The summed E-state index contributed by atoms with van der Waals surface area (Å²) in [7, 11) is 2.02. The highest BCUT2D eigenvalue weighted by atomic mass is 15.3. The van der Waals surface area contributed by atoms with Crippen LogP contribution in [0, 0.1) is 13.8 Å². The third kappa shape index (κ3) is 2.67. The lowest BCUT2D eigenvalue weighted by Crippen LogP contribution is -2.46. The highest BCUT2D eigenvalue weighted by Crippen LogP contribution is 2.20. The number of para-hydroxylation sites is 2. The van der Waals surface area contributed by atoms with E-state index in [1.165, 1.54) is 11.3 Å². The number of piperazine rings is 1. The average molecular weight is 324 g/mol. The van der Waals surface area contributed by atoms with Gasteiger partial charge in [-0.15, -0.1) is 0 Å². The molecule has 1 fully saturated rings. The summed E-state index contributed by atoms with van der Waals surface area (Å²) in [6.07, 6.45) is 0. The largest absolute Gasteiger partial charge is 0.340 e. The highest BCUT2D eigenvalue weighted by molar-refractivity contribution is 5.77. The molecule has 1 aliphatic rings. The van der Waals surface area contributed by atoms with Crippen LogP contribution in [0.25, 0.3) is 11.0 Å². The normalized spacial score (nSPS) is 16.2. The second-order valence-corrected chi connectivity index (χ2v) is 6.61. The predicted octanol–water partition coefficient (Wildman–Crippen LogP) is 2.24. The fourth-order valence-electron chi connectivity index (χ4n) is 3.48. The van der Waals surface area contributed by atoms with Gasteiger partial charge in [-0.2, -0.15) is 5.10 Å². The first-order valence-electron chi connectivity index (χ1n) is 8.53. The molecule has 24 heavy (non-hydrogen) atoms. The number of aryl methyl sites for hydroxylation is 2. The molecule has 1 aromatic carbocycles. The summed E-state index contributed by atoms with van der Waals surface area (Å²) in [4.78, 5) is 13.0. The zero-order chi connectivity index (χ0) is 16.7. The number of aromatic amines is 1.